The molecule has 7 nitrogen and oxygen atoms in total. The standard InChI is InChI=1S/C23H19F3N6OS.ClH/c24-13-4-1-5-14(25)18(13)19-15(26)6-7-16(30-19)22(33)31-17-9-28-23-20(29-11-34-23)21(17)32-8-2-3-12(27)10-32;/h1,4-7,9,11-12H,2-3,8,10,27H2,(H,31,33);1H/t12-;/m0./s1. The highest BCUT2D eigenvalue weighted by atomic mass is 35.5. The molecule has 1 aliphatic heterocycles. The summed E-state index contributed by atoms with van der Waals surface area (Å²) >= 11 is 1.38. The van der Waals surface area contributed by atoms with E-state index in [4.69, 9.17) is 5.73 Å². The molecule has 4 aromatic rings. The number of nitrogens with one attached hydrogen (secondary N) is 1. The zero-order valence-corrected chi connectivity index (χ0v) is 19.8. The average molecular weight is 521 g/mol. The fourth-order valence-corrected chi connectivity index (χ4v) is 4.72. The lowest BCUT2D eigenvalue weighted by atomic mass is 10.1. The number of piperidine rings is 1. The lowest BCUT2D eigenvalue weighted by Gasteiger charge is -2.33. The van der Waals surface area contributed by atoms with Gasteiger partial charge in [-0.25, -0.2) is 28.1 Å². The van der Waals surface area contributed by atoms with Gasteiger partial charge in [-0.2, -0.15) is 0 Å². The topological polar surface area (TPSA) is 97.0 Å². The second-order valence-corrected chi connectivity index (χ2v) is 8.79. The van der Waals surface area contributed by atoms with Crippen molar-refractivity contribution in [1.29, 1.82) is 0 Å². The highest BCUT2D eigenvalue weighted by Gasteiger charge is 2.25. The number of nitrogens with zero attached hydrogens (tertiary/aromatic N) is 4. The van der Waals surface area contributed by atoms with E-state index in [1.54, 1.807) is 5.51 Å². The molecule has 12 heteroatoms. The second-order valence-electron chi connectivity index (χ2n) is 7.95. The number of carbonyl (C=O) groups excluding carboxylic acids is 1. The maximum absolute atomic E-state index is 14.4. The molecule has 1 aromatic carbocycles. The van der Waals surface area contributed by atoms with E-state index in [1.807, 2.05) is 0 Å². The molecule has 1 saturated heterocycles. The highest BCUT2D eigenvalue weighted by Crippen LogP contribution is 2.36. The van der Waals surface area contributed by atoms with Gasteiger partial charge in [0, 0.05) is 19.1 Å². The first-order chi connectivity index (χ1) is 16.4. The molecular formula is C23H20ClF3N6OS. The average Bonchev–Trinajstić information content (AvgIpc) is 3.28. The quantitative estimate of drug-likeness (QED) is 0.402. The molecule has 3 N–H and O–H groups in total. The van der Waals surface area contributed by atoms with Gasteiger partial charge in [-0.15, -0.1) is 23.7 Å². The molecule has 0 aliphatic carbocycles. The molecule has 3 aromatic heterocycles. The first-order valence-corrected chi connectivity index (χ1v) is 11.5. The summed E-state index contributed by atoms with van der Waals surface area (Å²) in [6.45, 7) is 1.32. The van der Waals surface area contributed by atoms with E-state index in [0.717, 1.165) is 49.7 Å². The number of pyridine rings is 2. The Morgan fingerprint density at radius 3 is 2.63 bits per heavy atom. The van der Waals surface area contributed by atoms with E-state index in [9.17, 15) is 18.0 Å². The van der Waals surface area contributed by atoms with Crippen LogP contribution in [0.1, 0.15) is 23.3 Å². The summed E-state index contributed by atoms with van der Waals surface area (Å²) in [5.74, 6) is -3.59. The summed E-state index contributed by atoms with van der Waals surface area (Å²) in [4.78, 5) is 28.6. The van der Waals surface area contributed by atoms with Crippen molar-refractivity contribution in [2.75, 3.05) is 23.3 Å². The number of halogens is 4. The van der Waals surface area contributed by atoms with Crippen LogP contribution in [0.2, 0.25) is 0 Å². The van der Waals surface area contributed by atoms with Crippen LogP contribution in [-0.2, 0) is 0 Å². The van der Waals surface area contributed by atoms with Gasteiger partial charge in [-0.05, 0) is 37.1 Å². The minimum absolute atomic E-state index is 0. The molecule has 0 radical (unpaired) electrons. The van der Waals surface area contributed by atoms with Crippen molar-refractivity contribution in [2.24, 2.45) is 5.73 Å². The maximum atomic E-state index is 14.4. The molecule has 1 aliphatic rings. The molecule has 1 fully saturated rings. The van der Waals surface area contributed by atoms with Crippen molar-refractivity contribution in [2.45, 2.75) is 18.9 Å². The van der Waals surface area contributed by atoms with Crippen molar-refractivity contribution >= 4 is 51.4 Å². The van der Waals surface area contributed by atoms with Crippen molar-refractivity contribution in [3.63, 3.8) is 0 Å². The van der Waals surface area contributed by atoms with Crippen LogP contribution >= 0.6 is 23.7 Å². The van der Waals surface area contributed by atoms with Crippen LogP contribution in [0, 0.1) is 17.5 Å². The summed E-state index contributed by atoms with van der Waals surface area (Å²) in [7, 11) is 0. The van der Waals surface area contributed by atoms with Gasteiger partial charge in [0.05, 0.1) is 28.6 Å². The Balaban J connectivity index is 0.00000289. The maximum Gasteiger partial charge on any atom is 0.274 e. The molecule has 0 unspecified atom stereocenters. The summed E-state index contributed by atoms with van der Waals surface area (Å²) in [6, 6.07) is 5.25. The Labute approximate surface area is 208 Å². The van der Waals surface area contributed by atoms with Crippen molar-refractivity contribution in [3.8, 4) is 11.3 Å². The van der Waals surface area contributed by atoms with Gasteiger partial charge in [0.2, 0.25) is 0 Å². The van der Waals surface area contributed by atoms with Gasteiger partial charge in [0.15, 0.2) is 0 Å². The number of anilines is 2. The van der Waals surface area contributed by atoms with Crippen LogP contribution in [0.5, 0.6) is 0 Å². The third-order valence-electron chi connectivity index (χ3n) is 5.64. The van der Waals surface area contributed by atoms with E-state index >= 15 is 0 Å². The number of aromatic nitrogens is 3. The zero-order valence-electron chi connectivity index (χ0n) is 18.2. The van der Waals surface area contributed by atoms with Crippen molar-refractivity contribution in [1.82, 2.24) is 15.0 Å². The van der Waals surface area contributed by atoms with Gasteiger partial charge in [-0.1, -0.05) is 6.07 Å². The molecule has 1 atom stereocenters. The number of amides is 1. The normalized spacial score (nSPS) is 15.7. The number of hydrogen-bond donors (Lipinski definition) is 2. The van der Waals surface area contributed by atoms with Crippen LogP contribution in [0.15, 0.2) is 42.0 Å². The largest absolute Gasteiger partial charge is 0.366 e. The van der Waals surface area contributed by atoms with Crippen LogP contribution in [0.4, 0.5) is 24.5 Å². The first kappa shape index (κ1) is 24.8. The van der Waals surface area contributed by atoms with E-state index < -0.39 is 34.6 Å². The summed E-state index contributed by atoms with van der Waals surface area (Å²) in [6.07, 6.45) is 3.31. The van der Waals surface area contributed by atoms with Crippen molar-refractivity contribution < 1.29 is 18.0 Å². The summed E-state index contributed by atoms with van der Waals surface area (Å²) < 4.78 is 42.9. The molecule has 0 bridgehead atoms. The van der Waals surface area contributed by atoms with Crippen molar-refractivity contribution in [3.05, 3.63) is 65.2 Å². The van der Waals surface area contributed by atoms with E-state index in [0.29, 0.717) is 28.3 Å². The Morgan fingerprint density at radius 1 is 1.11 bits per heavy atom. The molecule has 182 valence electrons. The summed E-state index contributed by atoms with van der Waals surface area (Å²) in [5.41, 5.74) is 8.13. The number of rotatable bonds is 4. The number of benzene rings is 1. The van der Waals surface area contributed by atoms with Crippen LogP contribution in [-0.4, -0.2) is 40.0 Å². The Hall–Kier alpha value is -3.28. The minimum Gasteiger partial charge on any atom is -0.366 e. The molecule has 1 amide bonds. The Bertz CT molecular complexity index is 1380. The number of fused-ring (bicyclic) bond motifs is 1. The molecular weight excluding hydrogens is 501 g/mol. The Kier molecular flexibility index (Phi) is 7.20. The highest BCUT2D eigenvalue weighted by molar-refractivity contribution is 7.16. The van der Waals surface area contributed by atoms with Gasteiger partial charge < -0.3 is 16.0 Å². The molecule has 35 heavy (non-hydrogen) atoms. The third-order valence-corrected chi connectivity index (χ3v) is 6.37. The fraction of sp³-hybridized carbons (Fsp3) is 0.217. The molecule has 4 heterocycles. The van der Waals surface area contributed by atoms with Gasteiger partial charge in [0.25, 0.3) is 5.91 Å². The zero-order chi connectivity index (χ0) is 23.8. The van der Waals surface area contributed by atoms with E-state index in [2.05, 4.69) is 25.2 Å². The van der Waals surface area contributed by atoms with Gasteiger partial charge >= 0.3 is 0 Å². The SMILES string of the molecule is Cl.N[C@H]1CCCN(c2c(NC(=O)c3ccc(F)c(-c4c(F)cccc4F)n3)cnc3scnc23)C1. The lowest BCUT2D eigenvalue weighted by Crippen LogP contribution is -2.43. The van der Waals surface area contributed by atoms with Gasteiger partial charge in [-0.3, -0.25) is 4.79 Å². The smallest absolute Gasteiger partial charge is 0.274 e. The number of carbonyl (C=O) groups is 1. The predicted octanol–water partition coefficient (Wildman–Crippen LogP) is 4.77. The first-order valence-electron chi connectivity index (χ1n) is 10.6. The van der Waals surface area contributed by atoms with Crippen LogP contribution < -0.4 is 16.0 Å². The van der Waals surface area contributed by atoms with E-state index in [-0.39, 0.29) is 24.1 Å². The predicted molar refractivity (Wildman–Crippen MR) is 132 cm³/mol. The number of nitrogens with two attached hydrogens (primary N) is 1. The van der Waals surface area contributed by atoms with E-state index in [1.165, 1.54) is 17.5 Å². The van der Waals surface area contributed by atoms with Crippen LogP contribution in [0.25, 0.3) is 21.6 Å². The third kappa shape index (κ3) is 4.79. The van der Waals surface area contributed by atoms with Gasteiger partial charge in [0.1, 0.15) is 39.2 Å². The molecule has 0 spiro atoms. The summed E-state index contributed by atoms with van der Waals surface area (Å²) in [5, 5.41) is 2.76. The minimum atomic E-state index is -0.981. The number of thiazole rings is 1. The number of hydrogen-bond acceptors (Lipinski definition) is 7. The molecule has 5 rings (SSSR count). The molecule has 0 saturated carbocycles. The van der Waals surface area contributed by atoms with Crippen LogP contribution in [0.3, 0.4) is 0 Å². The Morgan fingerprint density at radius 2 is 1.89 bits per heavy atom. The fourth-order valence-electron chi connectivity index (χ4n) is 4.08. The monoisotopic (exact) mass is 520 g/mol. The second kappa shape index (κ2) is 10.1. The lowest BCUT2D eigenvalue weighted by molar-refractivity contribution is 0.102.